The molecule has 2 atom stereocenters. The van der Waals surface area contributed by atoms with Crippen LogP contribution >= 0.6 is 11.3 Å². The fraction of sp³-hybridized carbons (Fsp3) is 0.500. The van der Waals surface area contributed by atoms with Crippen LogP contribution in [-0.4, -0.2) is 43.5 Å². The van der Waals surface area contributed by atoms with E-state index < -0.39 is 12.1 Å². The molecule has 0 fully saturated rings. The van der Waals surface area contributed by atoms with Gasteiger partial charge in [0.25, 0.3) is 0 Å². The first-order chi connectivity index (χ1) is 9.61. The summed E-state index contributed by atoms with van der Waals surface area (Å²) in [5, 5.41) is 16.4. The average molecular weight is 296 g/mol. The molecule has 2 unspecified atom stereocenters. The third-order valence-corrected chi connectivity index (χ3v) is 3.86. The molecule has 0 amide bonds. The molecule has 0 aliphatic carbocycles. The van der Waals surface area contributed by atoms with Crippen molar-refractivity contribution < 1.29 is 14.6 Å². The summed E-state index contributed by atoms with van der Waals surface area (Å²) >= 11 is 1.34. The predicted molar refractivity (Wildman–Crippen MR) is 72.5 cm³/mol. The van der Waals surface area contributed by atoms with Gasteiger partial charge in [0.1, 0.15) is 12.7 Å². The van der Waals surface area contributed by atoms with Crippen LogP contribution in [0.1, 0.15) is 35.3 Å². The standard InChI is InChI=1S/C12H16N4O3S/c1-3-19-12(18)9-5-20-11(15-9)8(2)10(17)4-16-7-13-6-14-16/h5-8,10,17H,3-4H2,1-2H3. The second-order valence-corrected chi connectivity index (χ2v) is 5.15. The lowest BCUT2D eigenvalue weighted by Crippen LogP contribution is -2.22. The number of aromatic nitrogens is 4. The van der Waals surface area contributed by atoms with Crippen molar-refractivity contribution in [2.45, 2.75) is 32.4 Å². The smallest absolute Gasteiger partial charge is 0.357 e. The van der Waals surface area contributed by atoms with Gasteiger partial charge in [-0.2, -0.15) is 5.10 Å². The third kappa shape index (κ3) is 3.40. The fourth-order valence-corrected chi connectivity index (χ4v) is 2.54. The molecule has 0 spiro atoms. The normalized spacial score (nSPS) is 13.9. The average Bonchev–Trinajstić information content (AvgIpc) is 3.09. The van der Waals surface area contributed by atoms with Gasteiger partial charge in [-0.15, -0.1) is 11.3 Å². The largest absolute Gasteiger partial charge is 0.461 e. The number of ether oxygens (including phenoxy) is 1. The van der Waals surface area contributed by atoms with Crippen molar-refractivity contribution in [3.8, 4) is 0 Å². The predicted octanol–water partition coefficient (Wildman–Crippen LogP) is 1.08. The van der Waals surface area contributed by atoms with Gasteiger partial charge in [0.2, 0.25) is 0 Å². The Bertz CT molecular complexity index is 555. The molecule has 2 rings (SSSR count). The van der Waals surface area contributed by atoms with Crippen LogP contribution in [0.3, 0.4) is 0 Å². The molecule has 108 valence electrons. The zero-order chi connectivity index (χ0) is 14.5. The first-order valence-electron chi connectivity index (χ1n) is 6.24. The van der Waals surface area contributed by atoms with E-state index in [9.17, 15) is 9.90 Å². The minimum absolute atomic E-state index is 0.202. The van der Waals surface area contributed by atoms with E-state index in [1.54, 1.807) is 23.3 Å². The van der Waals surface area contributed by atoms with Gasteiger partial charge in [-0.3, -0.25) is 4.68 Å². The van der Waals surface area contributed by atoms with Gasteiger partial charge in [0.05, 0.1) is 24.3 Å². The maximum absolute atomic E-state index is 11.5. The Hall–Kier alpha value is -1.80. The first kappa shape index (κ1) is 14.6. The minimum atomic E-state index is -0.655. The van der Waals surface area contributed by atoms with E-state index in [2.05, 4.69) is 15.1 Å². The van der Waals surface area contributed by atoms with Gasteiger partial charge in [-0.05, 0) is 6.92 Å². The first-order valence-corrected chi connectivity index (χ1v) is 7.12. The molecule has 8 heteroatoms. The van der Waals surface area contributed by atoms with Crippen LogP contribution in [0.2, 0.25) is 0 Å². The highest BCUT2D eigenvalue weighted by atomic mass is 32.1. The highest BCUT2D eigenvalue weighted by molar-refractivity contribution is 7.09. The number of hydrogen-bond donors (Lipinski definition) is 1. The van der Waals surface area contributed by atoms with Crippen molar-refractivity contribution in [3.05, 3.63) is 28.7 Å². The molecule has 7 nitrogen and oxygen atoms in total. The lowest BCUT2D eigenvalue weighted by Gasteiger charge is -2.16. The monoisotopic (exact) mass is 296 g/mol. The Morgan fingerprint density at radius 1 is 1.60 bits per heavy atom. The van der Waals surface area contributed by atoms with Crippen molar-refractivity contribution in [1.82, 2.24) is 19.7 Å². The van der Waals surface area contributed by atoms with Gasteiger partial charge in [0.15, 0.2) is 5.69 Å². The number of aliphatic hydroxyl groups excluding tert-OH is 1. The van der Waals surface area contributed by atoms with Crippen molar-refractivity contribution in [2.75, 3.05) is 6.61 Å². The molecule has 1 N–H and O–H groups in total. The number of carbonyl (C=O) groups is 1. The lowest BCUT2D eigenvalue weighted by molar-refractivity contribution is 0.0519. The van der Waals surface area contributed by atoms with E-state index in [4.69, 9.17) is 4.74 Å². The summed E-state index contributed by atoms with van der Waals surface area (Å²) in [5.41, 5.74) is 0.284. The van der Waals surface area contributed by atoms with Crippen molar-refractivity contribution >= 4 is 17.3 Å². The van der Waals surface area contributed by atoms with E-state index >= 15 is 0 Å². The number of rotatable bonds is 6. The molecule has 0 saturated heterocycles. The lowest BCUT2D eigenvalue weighted by atomic mass is 10.1. The number of thiazole rings is 1. The molecule has 20 heavy (non-hydrogen) atoms. The fourth-order valence-electron chi connectivity index (χ4n) is 1.64. The number of carbonyl (C=O) groups excluding carboxylic acids is 1. The van der Waals surface area contributed by atoms with Crippen molar-refractivity contribution in [2.24, 2.45) is 0 Å². The SMILES string of the molecule is CCOC(=O)c1csc(C(C)C(O)Cn2cncn2)n1. The Morgan fingerprint density at radius 2 is 2.40 bits per heavy atom. The van der Waals surface area contributed by atoms with Crippen LogP contribution in [0.4, 0.5) is 0 Å². The molecule has 0 radical (unpaired) electrons. The second kappa shape index (κ2) is 6.58. The number of hydrogen-bond acceptors (Lipinski definition) is 7. The van der Waals surface area contributed by atoms with E-state index in [0.29, 0.717) is 18.2 Å². The molecule has 0 aliphatic heterocycles. The number of esters is 1. The van der Waals surface area contributed by atoms with E-state index in [1.165, 1.54) is 17.7 Å². The molecule has 0 aromatic carbocycles. The number of nitrogens with zero attached hydrogens (tertiary/aromatic N) is 4. The summed E-state index contributed by atoms with van der Waals surface area (Å²) in [5.74, 6) is -0.639. The van der Waals surface area contributed by atoms with E-state index in [-0.39, 0.29) is 11.6 Å². The molecule has 2 aromatic heterocycles. The summed E-state index contributed by atoms with van der Waals surface area (Å²) in [6, 6.07) is 0. The van der Waals surface area contributed by atoms with Crippen molar-refractivity contribution in [3.63, 3.8) is 0 Å². The molecule has 2 aromatic rings. The van der Waals surface area contributed by atoms with Crippen molar-refractivity contribution in [1.29, 1.82) is 0 Å². The molecule has 0 bridgehead atoms. The van der Waals surface area contributed by atoms with Gasteiger partial charge >= 0.3 is 5.97 Å². The van der Waals surface area contributed by atoms with Crippen LogP contribution < -0.4 is 0 Å². The topological polar surface area (TPSA) is 90.1 Å². The number of aliphatic hydroxyl groups is 1. The Labute approximate surface area is 120 Å². The maximum atomic E-state index is 11.5. The summed E-state index contributed by atoms with van der Waals surface area (Å²) in [4.78, 5) is 19.6. The summed E-state index contributed by atoms with van der Waals surface area (Å²) < 4.78 is 6.44. The zero-order valence-corrected chi connectivity index (χ0v) is 12.1. The minimum Gasteiger partial charge on any atom is -0.461 e. The zero-order valence-electron chi connectivity index (χ0n) is 11.3. The van der Waals surface area contributed by atoms with Gasteiger partial charge in [0, 0.05) is 11.3 Å². The second-order valence-electron chi connectivity index (χ2n) is 4.26. The molecule has 0 aliphatic rings. The van der Waals surface area contributed by atoms with Gasteiger partial charge in [-0.1, -0.05) is 6.92 Å². The quantitative estimate of drug-likeness (QED) is 0.802. The van der Waals surface area contributed by atoms with Crippen LogP contribution in [0.5, 0.6) is 0 Å². The maximum Gasteiger partial charge on any atom is 0.357 e. The third-order valence-electron chi connectivity index (χ3n) is 2.81. The van der Waals surface area contributed by atoms with Gasteiger partial charge in [-0.25, -0.2) is 14.8 Å². The molecule has 2 heterocycles. The summed E-state index contributed by atoms with van der Waals surface area (Å²) in [6.07, 6.45) is 2.31. The Kier molecular flexibility index (Phi) is 4.80. The molecular weight excluding hydrogens is 280 g/mol. The van der Waals surface area contributed by atoms with Crippen LogP contribution in [0.15, 0.2) is 18.0 Å². The molecular formula is C12H16N4O3S. The highest BCUT2D eigenvalue weighted by Crippen LogP contribution is 2.24. The van der Waals surface area contributed by atoms with E-state index in [0.717, 1.165) is 0 Å². The highest BCUT2D eigenvalue weighted by Gasteiger charge is 2.22. The van der Waals surface area contributed by atoms with E-state index in [1.807, 2.05) is 6.92 Å². The summed E-state index contributed by atoms with van der Waals surface area (Å²) in [6.45, 7) is 4.25. The summed E-state index contributed by atoms with van der Waals surface area (Å²) in [7, 11) is 0. The van der Waals surface area contributed by atoms with Gasteiger partial charge < -0.3 is 9.84 Å². The Morgan fingerprint density at radius 3 is 3.05 bits per heavy atom. The molecule has 0 saturated carbocycles. The van der Waals surface area contributed by atoms with Crippen LogP contribution in [0, 0.1) is 0 Å². The van der Waals surface area contributed by atoms with Crippen LogP contribution in [-0.2, 0) is 11.3 Å². The Balaban J connectivity index is 2.01. The van der Waals surface area contributed by atoms with Crippen LogP contribution in [0.25, 0.3) is 0 Å².